The van der Waals surface area contributed by atoms with E-state index in [4.69, 9.17) is 23.1 Å². The number of benzene rings is 3. The minimum Gasteiger partial charge on any atom is -0.395 e. The lowest BCUT2D eigenvalue weighted by molar-refractivity contribution is -0.122. The molecule has 0 saturated carbocycles. The largest absolute Gasteiger partial charge is 0.395 e. The smallest absolute Gasteiger partial charge is 0.273 e. The van der Waals surface area contributed by atoms with Crippen LogP contribution in [0.3, 0.4) is 0 Å². The number of nitrogen functional groups attached to an aromatic ring is 1. The lowest BCUT2D eigenvalue weighted by atomic mass is 9.99. The van der Waals surface area contributed by atoms with E-state index in [2.05, 4.69) is 9.69 Å². The first-order chi connectivity index (χ1) is 18.2. The summed E-state index contributed by atoms with van der Waals surface area (Å²) < 4.78 is 3.99. The van der Waals surface area contributed by atoms with Crippen molar-refractivity contribution in [2.45, 2.75) is 26.4 Å². The topological polar surface area (TPSA) is 131 Å². The summed E-state index contributed by atoms with van der Waals surface area (Å²) in [5, 5.41) is 3.44. The number of halogens is 1. The Hall–Kier alpha value is -4.21. The van der Waals surface area contributed by atoms with Crippen LogP contribution in [0.15, 0.2) is 72.8 Å². The van der Waals surface area contributed by atoms with E-state index in [1.165, 1.54) is 4.90 Å². The van der Waals surface area contributed by atoms with Gasteiger partial charge in [-0.3, -0.25) is 19.3 Å². The Kier molecular flexibility index (Phi) is 8.09. The van der Waals surface area contributed by atoms with Crippen molar-refractivity contribution in [3.05, 3.63) is 111 Å². The van der Waals surface area contributed by atoms with Gasteiger partial charge in [0, 0.05) is 17.3 Å². The first kappa shape index (κ1) is 26.8. The molecule has 194 valence electrons. The molecule has 1 atom stereocenters. The number of anilines is 2. The fourth-order valence-electron chi connectivity index (χ4n) is 4.05. The highest BCUT2D eigenvalue weighted by Crippen LogP contribution is 2.36. The number of primary amides is 1. The molecule has 0 aliphatic rings. The van der Waals surface area contributed by atoms with Gasteiger partial charge in [-0.05, 0) is 65.8 Å². The monoisotopic (exact) mass is 547 g/mol. The Morgan fingerprint density at radius 3 is 2.32 bits per heavy atom. The maximum absolute atomic E-state index is 14.2. The van der Waals surface area contributed by atoms with Crippen LogP contribution < -0.4 is 21.7 Å². The van der Waals surface area contributed by atoms with E-state index in [-0.39, 0.29) is 22.8 Å². The quantitative estimate of drug-likeness (QED) is 0.291. The van der Waals surface area contributed by atoms with Gasteiger partial charge in [-0.2, -0.15) is 4.37 Å². The molecule has 3 aromatic carbocycles. The first-order valence-corrected chi connectivity index (χ1v) is 12.9. The third kappa shape index (κ3) is 5.53. The number of hydrogen-bond donors (Lipinski definition) is 3. The second kappa shape index (κ2) is 11.5. The fraction of sp³-hybridized carbons (Fsp3) is 0.143. The van der Waals surface area contributed by atoms with Crippen LogP contribution in [0, 0.1) is 13.8 Å². The number of aromatic nitrogens is 1. The van der Waals surface area contributed by atoms with Gasteiger partial charge in [-0.25, -0.2) is 0 Å². The maximum Gasteiger partial charge on any atom is 0.273 e. The molecule has 4 rings (SSSR count). The summed E-state index contributed by atoms with van der Waals surface area (Å²) in [5.41, 5.74) is 14.9. The van der Waals surface area contributed by atoms with Crippen LogP contribution in [-0.4, -0.2) is 22.1 Å². The number of nitrogens with two attached hydrogens (primary N) is 2. The Labute approximate surface area is 229 Å². The van der Waals surface area contributed by atoms with Gasteiger partial charge in [0.15, 0.2) is 5.69 Å². The molecular formula is C28H26ClN5O3S. The summed E-state index contributed by atoms with van der Waals surface area (Å²) >= 11 is 6.91. The van der Waals surface area contributed by atoms with Crippen LogP contribution in [0.2, 0.25) is 5.02 Å². The molecule has 0 aliphatic heterocycles. The van der Waals surface area contributed by atoms with Gasteiger partial charge in [-0.1, -0.05) is 66.2 Å². The summed E-state index contributed by atoms with van der Waals surface area (Å²) in [4.78, 5) is 41.3. The van der Waals surface area contributed by atoms with Gasteiger partial charge in [0.05, 0.1) is 5.69 Å². The number of carbonyl (C=O) groups is 3. The summed E-state index contributed by atoms with van der Waals surface area (Å²) in [5.74, 6) is -1.84. The zero-order chi connectivity index (χ0) is 27.4. The van der Waals surface area contributed by atoms with Gasteiger partial charge in [-0.15, -0.1) is 0 Å². The molecule has 10 heteroatoms. The minimum atomic E-state index is -1.09. The molecule has 0 saturated heterocycles. The van der Waals surface area contributed by atoms with E-state index in [9.17, 15) is 14.4 Å². The first-order valence-electron chi connectivity index (χ1n) is 11.7. The number of rotatable bonds is 8. The molecule has 5 N–H and O–H groups in total. The Morgan fingerprint density at radius 2 is 1.68 bits per heavy atom. The average Bonchev–Trinajstić information content (AvgIpc) is 3.30. The van der Waals surface area contributed by atoms with E-state index in [1.807, 2.05) is 56.3 Å². The third-order valence-electron chi connectivity index (χ3n) is 6.21. The Balaban J connectivity index is 1.87. The molecule has 0 fully saturated rings. The van der Waals surface area contributed by atoms with Crippen molar-refractivity contribution < 1.29 is 14.4 Å². The van der Waals surface area contributed by atoms with E-state index >= 15 is 0 Å². The van der Waals surface area contributed by atoms with Crippen LogP contribution >= 0.6 is 23.1 Å². The van der Waals surface area contributed by atoms with E-state index in [0.717, 1.165) is 28.2 Å². The standard InChI is InChI=1S/C28H26ClN5O3S/c1-16-7-6-10-21(17(16)2)34(28(37)25-22(30)23(26(31)35)33-38-25)24(19-11-13-20(29)14-12-19)27(36)32-15-18-8-4-3-5-9-18/h3-14,24H,15,30H2,1-2H3,(H2,31,35)(H,32,36). The van der Waals surface area contributed by atoms with Gasteiger partial charge in [0.2, 0.25) is 5.91 Å². The molecule has 3 amide bonds. The van der Waals surface area contributed by atoms with Crippen LogP contribution in [0.1, 0.15) is 48.5 Å². The number of nitrogens with one attached hydrogen (secondary N) is 1. The fourth-order valence-corrected chi connectivity index (χ4v) is 4.91. The van der Waals surface area contributed by atoms with Crippen LogP contribution in [0.25, 0.3) is 0 Å². The van der Waals surface area contributed by atoms with Crippen molar-refractivity contribution >= 4 is 52.2 Å². The number of nitrogens with zero attached hydrogens (tertiary/aromatic N) is 2. The molecule has 0 spiro atoms. The van der Waals surface area contributed by atoms with Gasteiger partial charge >= 0.3 is 0 Å². The molecule has 0 aliphatic carbocycles. The summed E-state index contributed by atoms with van der Waals surface area (Å²) in [6, 6.07) is 20.6. The van der Waals surface area contributed by atoms with Crippen molar-refractivity contribution in [3.8, 4) is 0 Å². The molecule has 0 radical (unpaired) electrons. The van der Waals surface area contributed by atoms with Gasteiger partial charge in [0.25, 0.3) is 11.8 Å². The van der Waals surface area contributed by atoms with E-state index in [1.54, 1.807) is 30.3 Å². The zero-order valence-electron chi connectivity index (χ0n) is 20.8. The number of hydrogen-bond acceptors (Lipinski definition) is 6. The van der Waals surface area contributed by atoms with Crippen molar-refractivity contribution in [1.82, 2.24) is 9.69 Å². The molecular weight excluding hydrogens is 522 g/mol. The van der Waals surface area contributed by atoms with Crippen LogP contribution in [-0.2, 0) is 11.3 Å². The highest BCUT2D eigenvalue weighted by molar-refractivity contribution is 7.09. The summed E-state index contributed by atoms with van der Waals surface area (Å²) in [6.07, 6.45) is 0. The van der Waals surface area contributed by atoms with Crippen molar-refractivity contribution in [1.29, 1.82) is 0 Å². The Morgan fingerprint density at radius 1 is 1.00 bits per heavy atom. The van der Waals surface area contributed by atoms with Gasteiger partial charge < -0.3 is 16.8 Å². The molecule has 4 aromatic rings. The van der Waals surface area contributed by atoms with Crippen molar-refractivity contribution in [2.24, 2.45) is 5.73 Å². The highest BCUT2D eigenvalue weighted by atomic mass is 35.5. The number of amides is 3. The predicted octanol–water partition coefficient (Wildman–Crippen LogP) is 4.80. The molecule has 1 heterocycles. The molecule has 8 nitrogen and oxygen atoms in total. The summed E-state index contributed by atoms with van der Waals surface area (Å²) in [6.45, 7) is 4.05. The van der Waals surface area contributed by atoms with Crippen molar-refractivity contribution in [3.63, 3.8) is 0 Å². The van der Waals surface area contributed by atoms with E-state index in [0.29, 0.717) is 16.3 Å². The van der Waals surface area contributed by atoms with Gasteiger partial charge in [0.1, 0.15) is 10.9 Å². The average molecular weight is 548 g/mol. The summed E-state index contributed by atoms with van der Waals surface area (Å²) in [7, 11) is 0. The zero-order valence-corrected chi connectivity index (χ0v) is 22.3. The van der Waals surface area contributed by atoms with Crippen LogP contribution in [0.4, 0.5) is 11.4 Å². The lowest BCUT2D eigenvalue weighted by Crippen LogP contribution is -2.44. The van der Waals surface area contributed by atoms with E-state index < -0.39 is 23.8 Å². The normalized spacial score (nSPS) is 11.6. The molecule has 0 bridgehead atoms. The predicted molar refractivity (Wildman–Crippen MR) is 150 cm³/mol. The lowest BCUT2D eigenvalue weighted by Gasteiger charge is -2.32. The third-order valence-corrected chi connectivity index (χ3v) is 7.31. The minimum absolute atomic E-state index is 0.00882. The molecule has 38 heavy (non-hydrogen) atoms. The maximum atomic E-state index is 14.2. The molecule has 1 aromatic heterocycles. The molecule has 1 unspecified atom stereocenters. The Bertz CT molecular complexity index is 1490. The van der Waals surface area contributed by atoms with Crippen molar-refractivity contribution in [2.75, 3.05) is 10.6 Å². The number of carbonyl (C=O) groups excluding carboxylic acids is 3. The second-order valence-corrected chi connectivity index (χ2v) is 9.90. The number of aryl methyl sites for hydroxylation is 1. The second-order valence-electron chi connectivity index (χ2n) is 8.69. The SMILES string of the molecule is Cc1cccc(N(C(=O)c2snc(C(N)=O)c2N)C(C(=O)NCc2ccccc2)c2ccc(Cl)cc2)c1C. The highest BCUT2D eigenvalue weighted by Gasteiger charge is 2.36. The van der Waals surface area contributed by atoms with Crippen LogP contribution in [0.5, 0.6) is 0 Å².